The molecule has 2 rings (SSSR count). The number of rotatable bonds is 3. The first-order valence-electron chi connectivity index (χ1n) is 5.79. The number of thiophene rings is 1. The van der Waals surface area contributed by atoms with Gasteiger partial charge in [-0.2, -0.15) is 11.3 Å². The predicted molar refractivity (Wildman–Crippen MR) is 65.5 cm³/mol. The fourth-order valence-corrected chi connectivity index (χ4v) is 3.44. The Hall–Kier alpha value is -0.380. The van der Waals surface area contributed by atoms with E-state index in [2.05, 4.69) is 29.2 Å². The molecule has 1 aliphatic carbocycles. The molecule has 0 aromatic carbocycles. The normalized spacial score (nSPS) is 28.9. The van der Waals surface area contributed by atoms with Crippen molar-refractivity contribution in [2.45, 2.75) is 38.6 Å². The summed E-state index contributed by atoms with van der Waals surface area (Å²) < 4.78 is 0. The minimum Gasteiger partial charge on any atom is -0.271 e. The molecule has 0 saturated heterocycles. The third-order valence-corrected chi connectivity index (χ3v) is 4.23. The second-order valence-electron chi connectivity index (χ2n) is 4.73. The summed E-state index contributed by atoms with van der Waals surface area (Å²) in [5.74, 6) is 7.27. The topological polar surface area (TPSA) is 38.0 Å². The molecule has 1 aromatic rings. The van der Waals surface area contributed by atoms with E-state index in [9.17, 15) is 0 Å². The van der Waals surface area contributed by atoms with Crippen molar-refractivity contribution in [3.05, 3.63) is 22.4 Å². The Kier molecular flexibility index (Phi) is 3.78. The molecular formula is C12H20N2S. The molecule has 3 N–H and O–H groups in total. The fourth-order valence-electron chi connectivity index (χ4n) is 2.74. The van der Waals surface area contributed by atoms with Crippen LogP contribution < -0.4 is 11.3 Å². The summed E-state index contributed by atoms with van der Waals surface area (Å²) in [7, 11) is 0. The molecule has 0 aliphatic heterocycles. The summed E-state index contributed by atoms with van der Waals surface area (Å²) >= 11 is 1.75. The predicted octanol–water partition coefficient (Wildman–Crippen LogP) is 3.08. The van der Waals surface area contributed by atoms with Crippen molar-refractivity contribution in [1.29, 1.82) is 0 Å². The van der Waals surface area contributed by atoms with E-state index in [1.807, 2.05) is 0 Å². The van der Waals surface area contributed by atoms with Crippen LogP contribution in [0.4, 0.5) is 0 Å². The molecule has 0 spiro atoms. The number of hydrogen-bond donors (Lipinski definition) is 2. The Labute approximate surface area is 95.8 Å². The molecule has 1 heterocycles. The largest absolute Gasteiger partial charge is 0.271 e. The average Bonchev–Trinajstić information content (AvgIpc) is 2.72. The first-order valence-corrected chi connectivity index (χ1v) is 6.73. The van der Waals surface area contributed by atoms with Crippen LogP contribution in [0.2, 0.25) is 0 Å². The third-order valence-electron chi connectivity index (χ3n) is 3.53. The van der Waals surface area contributed by atoms with Gasteiger partial charge in [0.15, 0.2) is 0 Å². The zero-order chi connectivity index (χ0) is 10.7. The lowest BCUT2D eigenvalue weighted by Crippen LogP contribution is -2.35. The number of nitrogens with two attached hydrogens (primary N) is 1. The molecular weight excluding hydrogens is 204 g/mol. The molecule has 1 saturated carbocycles. The van der Waals surface area contributed by atoms with E-state index in [0.29, 0.717) is 12.0 Å². The van der Waals surface area contributed by atoms with Crippen LogP contribution in [0, 0.1) is 11.8 Å². The van der Waals surface area contributed by atoms with E-state index < -0.39 is 0 Å². The van der Waals surface area contributed by atoms with Crippen LogP contribution >= 0.6 is 11.3 Å². The van der Waals surface area contributed by atoms with Gasteiger partial charge in [-0.25, -0.2) is 0 Å². The van der Waals surface area contributed by atoms with Crippen molar-refractivity contribution < 1.29 is 0 Å². The van der Waals surface area contributed by atoms with Crippen LogP contribution in [0.15, 0.2) is 16.8 Å². The van der Waals surface area contributed by atoms with Gasteiger partial charge >= 0.3 is 0 Å². The van der Waals surface area contributed by atoms with Crippen LogP contribution in [0.5, 0.6) is 0 Å². The second-order valence-corrected chi connectivity index (χ2v) is 5.51. The summed E-state index contributed by atoms with van der Waals surface area (Å²) in [6, 6.07) is 2.55. The van der Waals surface area contributed by atoms with Gasteiger partial charge in [-0.3, -0.25) is 11.3 Å². The molecule has 0 bridgehead atoms. The van der Waals surface area contributed by atoms with E-state index in [1.165, 1.54) is 31.2 Å². The van der Waals surface area contributed by atoms with Crippen molar-refractivity contribution in [3.8, 4) is 0 Å². The minimum absolute atomic E-state index is 0.360. The Morgan fingerprint density at radius 2 is 2.40 bits per heavy atom. The van der Waals surface area contributed by atoms with Crippen LogP contribution in [0.25, 0.3) is 0 Å². The summed E-state index contributed by atoms with van der Waals surface area (Å²) in [6.45, 7) is 2.35. The molecule has 3 unspecified atom stereocenters. The Morgan fingerprint density at radius 3 is 3.00 bits per heavy atom. The second kappa shape index (κ2) is 5.10. The summed E-state index contributed by atoms with van der Waals surface area (Å²) in [4.78, 5) is 0. The van der Waals surface area contributed by atoms with Crippen molar-refractivity contribution in [1.82, 2.24) is 5.43 Å². The zero-order valence-electron chi connectivity index (χ0n) is 9.28. The third kappa shape index (κ3) is 2.60. The highest BCUT2D eigenvalue weighted by Gasteiger charge is 2.27. The molecule has 3 atom stereocenters. The molecule has 0 amide bonds. The molecule has 84 valence electrons. The molecule has 15 heavy (non-hydrogen) atoms. The van der Waals surface area contributed by atoms with Gasteiger partial charge in [0.1, 0.15) is 0 Å². The highest BCUT2D eigenvalue weighted by molar-refractivity contribution is 7.07. The summed E-state index contributed by atoms with van der Waals surface area (Å²) in [5, 5.41) is 4.34. The van der Waals surface area contributed by atoms with Gasteiger partial charge in [0.2, 0.25) is 0 Å². The molecule has 2 nitrogen and oxygen atoms in total. The van der Waals surface area contributed by atoms with Gasteiger partial charge in [-0.1, -0.05) is 19.8 Å². The Balaban J connectivity index is 2.06. The van der Waals surface area contributed by atoms with Crippen molar-refractivity contribution in [3.63, 3.8) is 0 Å². The highest BCUT2D eigenvalue weighted by atomic mass is 32.1. The average molecular weight is 224 g/mol. The maximum absolute atomic E-state index is 5.69. The molecule has 1 aliphatic rings. The Morgan fingerprint density at radius 1 is 1.53 bits per heavy atom. The van der Waals surface area contributed by atoms with E-state index in [4.69, 9.17) is 5.84 Å². The van der Waals surface area contributed by atoms with Crippen molar-refractivity contribution >= 4 is 11.3 Å². The first kappa shape index (κ1) is 11.1. The molecule has 1 fully saturated rings. The van der Waals surface area contributed by atoms with Crippen LogP contribution in [0.1, 0.15) is 44.2 Å². The monoisotopic (exact) mass is 224 g/mol. The van der Waals surface area contributed by atoms with E-state index in [1.54, 1.807) is 11.3 Å². The van der Waals surface area contributed by atoms with Crippen molar-refractivity contribution in [2.75, 3.05) is 0 Å². The molecule has 0 radical (unpaired) electrons. The standard InChI is InChI=1S/C12H20N2S/c1-9-3-2-4-10(7-9)12(14-13)11-5-6-15-8-11/h5-6,8-10,12,14H,2-4,7,13H2,1H3. The minimum atomic E-state index is 0.360. The van der Waals surface area contributed by atoms with Crippen LogP contribution in [-0.4, -0.2) is 0 Å². The van der Waals surface area contributed by atoms with Gasteiger partial charge in [-0.05, 0) is 47.1 Å². The zero-order valence-corrected chi connectivity index (χ0v) is 10.1. The number of nitrogens with one attached hydrogen (secondary N) is 1. The van der Waals surface area contributed by atoms with Gasteiger partial charge in [-0.15, -0.1) is 0 Å². The van der Waals surface area contributed by atoms with Crippen LogP contribution in [-0.2, 0) is 0 Å². The summed E-state index contributed by atoms with van der Waals surface area (Å²) in [6.07, 6.45) is 5.37. The number of hydrogen-bond acceptors (Lipinski definition) is 3. The van der Waals surface area contributed by atoms with E-state index in [-0.39, 0.29) is 0 Å². The highest BCUT2D eigenvalue weighted by Crippen LogP contribution is 2.37. The Bertz CT molecular complexity index is 284. The van der Waals surface area contributed by atoms with Gasteiger partial charge < -0.3 is 0 Å². The summed E-state index contributed by atoms with van der Waals surface area (Å²) in [5.41, 5.74) is 4.36. The van der Waals surface area contributed by atoms with Gasteiger partial charge in [0.05, 0.1) is 0 Å². The van der Waals surface area contributed by atoms with Gasteiger partial charge in [0.25, 0.3) is 0 Å². The lowest BCUT2D eigenvalue weighted by Gasteiger charge is -2.32. The lowest BCUT2D eigenvalue weighted by molar-refractivity contribution is 0.225. The van der Waals surface area contributed by atoms with Crippen molar-refractivity contribution in [2.24, 2.45) is 17.7 Å². The fraction of sp³-hybridized carbons (Fsp3) is 0.667. The smallest absolute Gasteiger partial charge is 0.0496 e. The van der Waals surface area contributed by atoms with E-state index >= 15 is 0 Å². The maximum Gasteiger partial charge on any atom is 0.0496 e. The molecule has 3 heteroatoms. The van der Waals surface area contributed by atoms with E-state index in [0.717, 1.165) is 5.92 Å². The molecule has 1 aromatic heterocycles. The lowest BCUT2D eigenvalue weighted by atomic mass is 9.77. The SMILES string of the molecule is CC1CCCC(C(NN)c2ccsc2)C1. The quantitative estimate of drug-likeness (QED) is 0.611. The van der Waals surface area contributed by atoms with Crippen LogP contribution in [0.3, 0.4) is 0 Å². The maximum atomic E-state index is 5.69. The van der Waals surface area contributed by atoms with Gasteiger partial charge in [0, 0.05) is 6.04 Å². The first-order chi connectivity index (χ1) is 7.31. The number of hydrazine groups is 1.